The average molecular weight is 482 g/mol. The van der Waals surface area contributed by atoms with Gasteiger partial charge in [0.2, 0.25) is 0 Å². The van der Waals surface area contributed by atoms with Crippen molar-refractivity contribution in [1.82, 2.24) is 15.8 Å². The fourth-order valence-electron chi connectivity index (χ4n) is 4.10. The van der Waals surface area contributed by atoms with Gasteiger partial charge in [0, 0.05) is 25.1 Å². The normalized spacial score (nSPS) is 20.5. The zero-order chi connectivity index (χ0) is 18.0. The van der Waals surface area contributed by atoms with E-state index in [1.54, 1.807) is 7.05 Å². The highest BCUT2D eigenvalue weighted by atomic mass is 127. The van der Waals surface area contributed by atoms with Crippen LogP contribution < -0.4 is 15.4 Å². The van der Waals surface area contributed by atoms with Gasteiger partial charge in [0.1, 0.15) is 11.4 Å². The van der Waals surface area contributed by atoms with Crippen molar-refractivity contribution in [1.29, 1.82) is 0 Å². The Bertz CT molecular complexity index is 799. The lowest BCUT2D eigenvalue weighted by molar-refractivity contribution is 0.0396. The van der Waals surface area contributed by atoms with Crippen molar-refractivity contribution in [2.45, 2.75) is 57.2 Å². The third kappa shape index (κ3) is 4.39. The van der Waals surface area contributed by atoms with Crippen molar-refractivity contribution in [3.05, 3.63) is 47.3 Å². The summed E-state index contributed by atoms with van der Waals surface area (Å²) in [6, 6.07) is 10.4. The van der Waals surface area contributed by atoms with Gasteiger partial charge < -0.3 is 19.9 Å². The lowest BCUT2D eigenvalue weighted by atomic mass is 9.86. The van der Waals surface area contributed by atoms with Crippen molar-refractivity contribution in [3.63, 3.8) is 0 Å². The number of benzene rings is 1. The van der Waals surface area contributed by atoms with Gasteiger partial charge >= 0.3 is 0 Å². The third-order valence-electron chi connectivity index (χ3n) is 5.35. The molecule has 1 atom stereocenters. The van der Waals surface area contributed by atoms with Crippen LogP contribution in [0.5, 0.6) is 5.75 Å². The van der Waals surface area contributed by atoms with Gasteiger partial charge in [0.25, 0.3) is 0 Å². The SMILES string of the molecule is CN=C(NCc1cc(C)no1)NC1CC2(CCCC2)Oc2ccccc21.I. The van der Waals surface area contributed by atoms with E-state index in [9.17, 15) is 0 Å². The van der Waals surface area contributed by atoms with Gasteiger partial charge in [0.15, 0.2) is 11.7 Å². The number of para-hydroxylation sites is 1. The molecule has 1 aliphatic carbocycles. The van der Waals surface area contributed by atoms with Crippen molar-refractivity contribution >= 4 is 29.9 Å². The number of fused-ring (bicyclic) bond motifs is 1. The zero-order valence-electron chi connectivity index (χ0n) is 15.8. The summed E-state index contributed by atoms with van der Waals surface area (Å²) in [4.78, 5) is 4.38. The molecule has 1 aliphatic heterocycles. The Kier molecular flexibility index (Phi) is 6.29. The first kappa shape index (κ1) is 20.0. The highest BCUT2D eigenvalue weighted by Crippen LogP contribution is 2.46. The molecule has 1 unspecified atom stereocenters. The second-order valence-electron chi connectivity index (χ2n) is 7.29. The number of hydrogen-bond acceptors (Lipinski definition) is 4. The summed E-state index contributed by atoms with van der Waals surface area (Å²) in [5, 5.41) is 10.8. The number of nitrogens with zero attached hydrogens (tertiary/aromatic N) is 2. The third-order valence-corrected chi connectivity index (χ3v) is 5.35. The molecule has 1 fully saturated rings. The molecule has 0 amide bonds. The number of hydrogen-bond donors (Lipinski definition) is 2. The van der Waals surface area contributed by atoms with E-state index >= 15 is 0 Å². The standard InChI is InChI=1S/C20H26N4O2.HI/c1-14-11-15(26-24-14)13-22-19(21-2)23-17-12-20(9-5-6-10-20)25-18-8-4-3-7-16(17)18;/h3-4,7-8,11,17H,5-6,9-10,12-13H2,1-2H3,(H2,21,22,23);1H. The maximum absolute atomic E-state index is 6.43. The minimum absolute atomic E-state index is 0. The highest BCUT2D eigenvalue weighted by molar-refractivity contribution is 14.0. The monoisotopic (exact) mass is 482 g/mol. The van der Waals surface area contributed by atoms with Crippen LogP contribution in [0.3, 0.4) is 0 Å². The Labute approximate surface area is 177 Å². The van der Waals surface area contributed by atoms with Crippen LogP contribution in [0.1, 0.15) is 55.2 Å². The summed E-state index contributed by atoms with van der Waals surface area (Å²) in [7, 11) is 1.79. The zero-order valence-corrected chi connectivity index (χ0v) is 18.2. The van der Waals surface area contributed by atoms with Crippen LogP contribution in [0.15, 0.2) is 39.8 Å². The molecule has 4 rings (SSSR count). The van der Waals surface area contributed by atoms with Gasteiger partial charge in [-0.25, -0.2) is 0 Å². The number of halogens is 1. The molecule has 0 radical (unpaired) electrons. The lowest BCUT2D eigenvalue weighted by Crippen LogP contribution is -2.46. The first-order chi connectivity index (χ1) is 12.7. The number of guanidine groups is 1. The second kappa shape index (κ2) is 8.50. The van der Waals surface area contributed by atoms with E-state index in [-0.39, 0.29) is 35.6 Å². The molecule has 0 bridgehead atoms. The Hall–Kier alpha value is -1.77. The summed E-state index contributed by atoms with van der Waals surface area (Å²) >= 11 is 0. The Balaban J connectivity index is 0.00000210. The maximum Gasteiger partial charge on any atom is 0.191 e. The summed E-state index contributed by atoms with van der Waals surface area (Å²) in [6.07, 6.45) is 5.71. The molecular weight excluding hydrogens is 455 g/mol. The second-order valence-corrected chi connectivity index (χ2v) is 7.29. The van der Waals surface area contributed by atoms with E-state index in [1.165, 1.54) is 18.4 Å². The quantitative estimate of drug-likeness (QED) is 0.392. The number of ether oxygens (including phenoxy) is 1. The molecule has 0 saturated heterocycles. The molecule has 146 valence electrons. The van der Waals surface area contributed by atoms with E-state index in [2.05, 4.69) is 39.0 Å². The molecule has 2 heterocycles. The number of aliphatic imine (C=N–C) groups is 1. The predicted molar refractivity (Wildman–Crippen MR) is 116 cm³/mol. The van der Waals surface area contributed by atoms with Crippen molar-refractivity contribution in [2.75, 3.05) is 7.05 Å². The van der Waals surface area contributed by atoms with Gasteiger partial charge in [-0.15, -0.1) is 24.0 Å². The minimum Gasteiger partial charge on any atom is -0.487 e. The van der Waals surface area contributed by atoms with Crippen LogP contribution in [-0.2, 0) is 6.54 Å². The fourth-order valence-corrected chi connectivity index (χ4v) is 4.10. The van der Waals surface area contributed by atoms with E-state index in [1.807, 2.05) is 19.1 Å². The van der Waals surface area contributed by atoms with E-state index in [0.29, 0.717) is 6.54 Å². The molecule has 1 saturated carbocycles. The molecule has 2 aliphatic rings. The van der Waals surface area contributed by atoms with Crippen molar-refractivity contribution < 1.29 is 9.26 Å². The molecule has 6 nitrogen and oxygen atoms in total. The summed E-state index contributed by atoms with van der Waals surface area (Å²) in [5.41, 5.74) is 2.04. The Morgan fingerprint density at radius 3 is 2.78 bits per heavy atom. The minimum atomic E-state index is -0.0348. The lowest BCUT2D eigenvalue weighted by Gasteiger charge is -2.40. The van der Waals surface area contributed by atoms with Crippen LogP contribution in [-0.4, -0.2) is 23.8 Å². The summed E-state index contributed by atoms with van der Waals surface area (Å²) in [5.74, 6) is 2.55. The van der Waals surface area contributed by atoms with Gasteiger partial charge in [0.05, 0.1) is 18.3 Å². The topological polar surface area (TPSA) is 71.7 Å². The Morgan fingerprint density at radius 2 is 2.07 bits per heavy atom. The van der Waals surface area contributed by atoms with Gasteiger partial charge in [-0.2, -0.15) is 0 Å². The molecule has 1 aromatic heterocycles. The highest BCUT2D eigenvalue weighted by Gasteiger charge is 2.43. The van der Waals surface area contributed by atoms with Crippen molar-refractivity contribution in [2.24, 2.45) is 4.99 Å². The van der Waals surface area contributed by atoms with Crippen LogP contribution in [0.4, 0.5) is 0 Å². The molecule has 1 spiro atoms. The van der Waals surface area contributed by atoms with Crippen LogP contribution in [0.2, 0.25) is 0 Å². The van der Waals surface area contributed by atoms with E-state index < -0.39 is 0 Å². The Morgan fingerprint density at radius 1 is 1.30 bits per heavy atom. The molecule has 2 aromatic rings. The summed E-state index contributed by atoms with van der Waals surface area (Å²) in [6.45, 7) is 2.47. The number of rotatable bonds is 3. The molecule has 27 heavy (non-hydrogen) atoms. The summed E-state index contributed by atoms with van der Waals surface area (Å²) < 4.78 is 11.7. The maximum atomic E-state index is 6.43. The first-order valence-corrected chi connectivity index (χ1v) is 9.35. The van der Waals surface area contributed by atoms with E-state index in [0.717, 1.165) is 42.4 Å². The predicted octanol–water partition coefficient (Wildman–Crippen LogP) is 4.10. The fraction of sp³-hybridized carbons (Fsp3) is 0.500. The number of aromatic nitrogens is 1. The van der Waals surface area contributed by atoms with Crippen LogP contribution >= 0.6 is 24.0 Å². The largest absolute Gasteiger partial charge is 0.487 e. The molecule has 1 aromatic carbocycles. The average Bonchev–Trinajstić information content (AvgIpc) is 3.27. The van der Waals surface area contributed by atoms with Gasteiger partial charge in [-0.05, 0) is 38.7 Å². The smallest absolute Gasteiger partial charge is 0.191 e. The molecule has 2 N–H and O–H groups in total. The number of aryl methyl sites for hydroxylation is 1. The van der Waals surface area contributed by atoms with Crippen molar-refractivity contribution in [3.8, 4) is 5.75 Å². The first-order valence-electron chi connectivity index (χ1n) is 9.35. The molecular formula is C20H27IN4O2. The van der Waals surface area contributed by atoms with Gasteiger partial charge in [-0.3, -0.25) is 4.99 Å². The van der Waals surface area contributed by atoms with Crippen LogP contribution in [0.25, 0.3) is 0 Å². The molecule has 7 heteroatoms. The number of nitrogens with one attached hydrogen (secondary N) is 2. The van der Waals surface area contributed by atoms with E-state index in [4.69, 9.17) is 9.26 Å². The van der Waals surface area contributed by atoms with Crippen LogP contribution in [0, 0.1) is 6.92 Å². The van der Waals surface area contributed by atoms with Gasteiger partial charge in [-0.1, -0.05) is 23.4 Å².